The van der Waals surface area contributed by atoms with Crippen molar-refractivity contribution in [3.05, 3.63) is 35.2 Å². The molecule has 0 saturated heterocycles. The predicted molar refractivity (Wildman–Crippen MR) is 88.9 cm³/mol. The van der Waals surface area contributed by atoms with Gasteiger partial charge in [0.2, 0.25) is 0 Å². The number of halogens is 1. The van der Waals surface area contributed by atoms with Gasteiger partial charge in [-0.15, -0.1) is 11.3 Å². The van der Waals surface area contributed by atoms with Gasteiger partial charge in [-0.25, -0.2) is 0 Å². The highest BCUT2D eigenvalue weighted by Gasteiger charge is 2.24. The first kappa shape index (κ1) is 14.1. The second-order valence-electron chi connectivity index (χ2n) is 5.38. The van der Waals surface area contributed by atoms with Gasteiger partial charge in [0, 0.05) is 26.3 Å². The molecule has 1 amide bonds. The average Bonchev–Trinajstić information content (AvgIpc) is 2.79. The third-order valence-corrected chi connectivity index (χ3v) is 6.03. The molecule has 1 aromatic heterocycles. The molecule has 2 unspecified atom stereocenters. The summed E-state index contributed by atoms with van der Waals surface area (Å²) < 4.78 is 1.17. The minimum absolute atomic E-state index is 0.0683. The third kappa shape index (κ3) is 2.91. The molecule has 1 aliphatic carbocycles. The Bertz CT molecular complexity index is 609. The van der Waals surface area contributed by atoms with Crippen LogP contribution in [0.2, 0.25) is 0 Å². The van der Waals surface area contributed by atoms with Gasteiger partial charge in [0.15, 0.2) is 0 Å². The molecule has 106 valence electrons. The Morgan fingerprint density at radius 3 is 2.90 bits per heavy atom. The fourth-order valence-corrected chi connectivity index (χ4v) is 4.49. The maximum Gasteiger partial charge on any atom is 0.253 e. The summed E-state index contributed by atoms with van der Waals surface area (Å²) in [6.07, 6.45) is 5.95. The van der Waals surface area contributed by atoms with Gasteiger partial charge in [0.25, 0.3) is 5.91 Å². The summed E-state index contributed by atoms with van der Waals surface area (Å²) in [4.78, 5) is 12.9. The number of alkyl halides is 1. The molecule has 1 N–H and O–H groups in total. The molecule has 1 heterocycles. The third-order valence-electron chi connectivity index (χ3n) is 3.97. The van der Waals surface area contributed by atoms with E-state index in [4.69, 9.17) is 0 Å². The zero-order valence-electron chi connectivity index (χ0n) is 11.3. The maximum absolute atomic E-state index is 12.5. The number of amides is 1. The SMILES string of the molecule is O=C(NC1CCCCCC1Br)c1csc2ccccc12. The van der Waals surface area contributed by atoms with Crippen LogP contribution in [0.25, 0.3) is 10.1 Å². The summed E-state index contributed by atoms with van der Waals surface area (Å²) in [6.45, 7) is 0. The minimum atomic E-state index is 0.0683. The Morgan fingerprint density at radius 2 is 2.00 bits per heavy atom. The highest BCUT2D eigenvalue weighted by molar-refractivity contribution is 9.09. The van der Waals surface area contributed by atoms with E-state index < -0.39 is 0 Å². The van der Waals surface area contributed by atoms with Gasteiger partial charge in [0.1, 0.15) is 0 Å². The number of nitrogens with one attached hydrogen (secondary N) is 1. The molecule has 4 heteroatoms. The van der Waals surface area contributed by atoms with Crippen LogP contribution < -0.4 is 5.32 Å². The lowest BCUT2D eigenvalue weighted by Gasteiger charge is -2.21. The Balaban J connectivity index is 1.78. The van der Waals surface area contributed by atoms with Gasteiger partial charge in [0.05, 0.1) is 5.56 Å². The van der Waals surface area contributed by atoms with Crippen LogP contribution >= 0.6 is 27.3 Å². The van der Waals surface area contributed by atoms with Crippen molar-refractivity contribution in [1.29, 1.82) is 0 Å². The largest absolute Gasteiger partial charge is 0.348 e. The lowest BCUT2D eigenvalue weighted by atomic mass is 10.1. The number of carbonyl (C=O) groups excluding carboxylic acids is 1. The number of benzene rings is 1. The van der Waals surface area contributed by atoms with Gasteiger partial charge in [-0.2, -0.15) is 0 Å². The normalized spacial score (nSPS) is 23.4. The van der Waals surface area contributed by atoms with E-state index in [2.05, 4.69) is 27.3 Å². The van der Waals surface area contributed by atoms with Gasteiger partial charge in [-0.05, 0) is 18.9 Å². The molecular weight excluding hydrogens is 334 g/mol. The van der Waals surface area contributed by atoms with Crippen LogP contribution in [0.5, 0.6) is 0 Å². The van der Waals surface area contributed by atoms with Gasteiger partial charge in [-0.3, -0.25) is 4.79 Å². The monoisotopic (exact) mass is 351 g/mol. The fraction of sp³-hybridized carbons (Fsp3) is 0.438. The van der Waals surface area contributed by atoms with Crippen LogP contribution in [0.15, 0.2) is 29.6 Å². The van der Waals surface area contributed by atoms with Crippen LogP contribution in [-0.4, -0.2) is 16.8 Å². The molecular formula is C16H18BrNOS. The molecule has 1 aromatic carbocycles. The smallest absolute Gasteiger partial charge is 0.253 e. The standard InChI is InChI=1S/C16H18BrNOS/c17-13-7-2-1-3-8-14(13)18-16(19)12-10-20-15-9-5-4-6-11(12)15/h4-6,9-10,13-14H,1-3,7-8H2,(H,18,19). The van der Waals surface area contributed by atoms with Gasteiger partial charge >= 0.3 is 0 Å². The van der Waals surface area contributed by atoms with Crippen LogP contribution in [0.3, 0.4) is 0 Å². The van der Waals surface area contributed by atoms with E-state index in [-0.39, 0.29) is 11.9 Å². The van der Waals surface area contributed by atoms with E-state index >= 15 is 0 Å². The Labute approximate surface area is 131 Å². The Kier molecular flexibility index (Phi) is 4.41. The highest BCUT2D eigenvalue weighted by Crippen LogP contribution is 2.27. The first-order valence-corrected chi connectivity index (χ1v) is 8.96. The lowest BCUT2D eigenvalue weighted by molar-refractivity contribution is 0.0937. The van der Waals surface area contributed by atoms with Crippen molar-refractivity contribution in [2.75, 3.05) is 0 Å². The van der Waals surface area contributed by atoms with Crippen molar-refractivity contribution < 1.29 is 4.79 Å². The number of hydrogen-bond acceptors (Lipinski definition) is 2. The molecule has 0 spiro atoms. The molecule has 1 saturated carbocycles. The lowest BCUT2D eigenvalue weighted by Crippen LogP contribution is -2.40. The molecule has 20 heavy (non-hydrogen) atoms. The molecule has 0 aliphatic heterocycles. The van der Waals surface area contributed by atoms with E-state index in [1.54, 1.807) is 11.3 Å². The van der Waals surface area contributed by atoms with E-state index in [0.717, 1.165) is 23.8 Å². The quantitative estimate of drug-likeness (QED) is 0.615. The van der Waals surface area contributed by atoms with E-state index in [9.17, 15) is 4.79 Å². The molecule has 3 rings (SSSR count). The Morgan fingerprint density at radius 1 is 1.20 bits per heavy atom. The van der Waals surface area contributed by atoms with Crippen molar-refractivity contribution in [2.24, 2.45) is 0 Å². The summed E-state index contributed by atoms with van der Waals surface area (Å²) >= 11 is 5.37. The molecule has 1 fully saturated rings. The Hall–Kier alpha value is -0.870. The minimum Gasteiger partial charge on any atom is -0.348 e. The summed E-state index contributed by atoms with van der Waals surface area (Å²) in [6, 6.07) is 8.35. The average molecular weight is 352 g/mol. The molecule has 0 bridgehead atoms. The number of thiophene rings is 1. The zero-order valence-corrected chi connectivity index (χ0v) is 13.7. The maximum atomic E-state index is 12.5. The van der Waals surface area contributed by atoms with Crippen molar-refractivity contribution in [3.63, 3.8) is 0 Å². The molecule has 2 aromatic rings. The fourth-order valence-electron chi connectivity index (χ4n) is 2.82. The van der Waals surface area contributed by atoms with Crippen molar-refractivity contribution >= 4 is 43.3 Å². The second-order valence-corrected chi connectivity index (χ2v) is 7.47. The summed E-state index contributed by atoms with van der Waals surface area (Å²) in [5.74, 6) is 0.0683. The van der Waals surface area contributed by atoms with Crippen molar-refractivity contribution in [1.82, 2.24) is 5.32 Å². The first-order chi connectivity index (χ1) is 9.75. The molecule has 2 nitrogen and oxygen atoms in total. The summed E-state index contributed by atoms with van der Waals surface area (Å²) in [5, 5.41) is 6.26. The first-order valence-electron chi connectivity index (χ1n) is 7.17. The van der Waals surface area contributed by atoms with E-state index in [1.807, 2.05) is 23.6 Å². The number of carbonyl (C=O) groups is 1. The van der Waals surface area contributed by atoms with Crippen molar-refractivity contribution in [2.45, 2.75) is 43.0 Å². The van der Waals surface area contributed by atoms with Gasteiger partial charge in [-0.1, -0.05) is 53.4 Å². The topological polar surface area (TPSA) is 29.1 Å². The van der Waals surface area contributed by atoms with Crippen molar-refractivity contribution in [3.8, 4) is 0 Å². The molecule has 2 atom stereocenters. The van der Waals surface area contributed by atoms with Crippen LogP contribution in [0, 0.1) is 0 Å². The van der Waals surface area contributed by atoms with Crippen LogP contribution in [0.4, 0.5) is 0 Å². The van der Waals surface area contributed by atoms with E-state index in [1.165, 1.54) is 24.0 Å². The molecule has 0 radical (unpaired) electrons. The summed E-state index contributed by atoms with van der Waals surface area (Å²) in [5.41, 5.74) is 0.814. The second kappa shape index (κ2) is 6.27. The molecule has 1 aliphatic rings. The highest BCUT2D eigenvalue weighted by atomic mass is 79.9. The number of rotatable bonds is 2. The van der Waals surface area contributed by atoms with E-state index in [0.29, 0.717) is 4.83 Å². The van der Waals surface area contributed by atoms with Gasteiger partial charge < -0.3 is 5.32 Å². The predicted octanol–water partition coefficient (Wildman–Crippen LogP) is 4.73. The number of fused-ring (bicyclic) bond motifs is 1. The van der Waals surface area contributed by atoms with Crippen LogP contribution in [-0.2, 0) is 0 Å². The van der Waals surface area contributed by atoms with Crippen LogP contribution in [0.1, 0.15) is 42.5 Å². The number of hydrogen-bond donors (Lipinski definition) is 1. The summed E-state index contributed by atoms with van der Waals surface area (Å²) in [7, 11) is 0. The zero-order chi connectivity index (χ0) is 13.9.